The van der Waals surface area contributed by atoms with Crippen molar-refractivity contribution in [3.8, 4) is 0 Å². The average molecular weight is 369 g/mol. The van der Waals surface area contributed by atoms with Crippen LogP contribution in [0.5, 0.6) is 0 Å². The summed E-state index contributed by atoms with van der Waals surface area (Å²) in [6.07, 6.45) is 0. The Morgan fingerprint density at radius 1 is 1.29 bits per heavy atom. The molecule has 0 fully saturated rings. The first-order chi connectivity index (χ1) is 9.97. The summed E-state index contributed by atoms with van der Waals surface area (Å²) in [6, 6.07) is 15.0. The summed E-state index contributed by atoms with van der Waals surface area (Å²) in [5, 5.41) is 9.76. The molecule has 0 amide bonds. The van der Waals surface area contributed by atoms with Crippen molar-refractivity contribution < 1.29 is 9.90 Å². The maximum absolute atomic E-state index is 11.2. The quantitative estimate of drug-likeness (QED) is 0.827. The van der Waals surface area contributed by atoms with Crippen LogP contribution in [0.3, 0.4) is 0 Å². The second-order valence-electron chi connectivity index (χ2n) is 4.73. The molecule has 5 heteroatoms. The maximum Gasteiger partial charge on any atom is 0.323 e. The minimum Gasteiger partial charge on any atom is -0.480 e. The van der Waals surface area contributed by atoms with Gasteiger partial charge in [-0.2, -0.15) is 0 Å². The Hall–Kier alpha value is -1.52. The summed E-state index contributed by atoms with van der Waals surface area (Å²) in [6.45, 7) is 1.89. The average Bonchev–Trinajstić information content (AvgIpc) is 2.44. The lowest BCUT2D eigenvalue weighted by atomic mass is 10.1. The zero-order valence-corrected chi connectivity index (χ0v) is 13.8. The molecule has 0 radical (unpaired) electrons. The fourth-order valence-electron chi connectivity index (χ4n) is 2.17. The summed E-state index contributed by atoms with van der Waals surface area (Å²) in [7, 11) is 0. The minimum absolute atomic E-state index is 0.0762. The molecule has 0 saturated heterocycles. The zero-order chi connectivity index (χ0) is 15.4. The highest BCUT2D eigenvalue weighted by molar-refractivity contribution is 9.10. The van der Waals surface area contributed by atoms with E-state index in [-0.39, 0.29) is 12.6 Å². The second kappa shape index (κ2) is 6.96. The van der Waals surface area contributed by atoms with Crippen molar-refractivity contribution in [2.45, 2.75) is 13.0 Å². The van der Waals surface area contributed by atoms with E-state index >= 15 is 0 Å². The van der Waals surface area contributed by atoms with Gasteiger partial charge in [-0.25, -0.2) is 0 Å². The molecule has 3 nitrogen and oxygen atoms in total. The molecule has 0 aliphatic heterocycles. The molecule has 0 spiro atoms. The lowest BCUT2D eigenvalue weighted by Crippen LogP contribution is -2.32. The molecule has 0 aliphatic carbocycles. The molecule has 2 aromatic carbocycles. The van der Waals surface area contributed by atoms with Crippen LogP contribution >= 0.6 is 27.5 Å². The highest BCUT2D eigenvalue weighted by Crippen LogP contribution is 2.29. The third-order valence-electron chi connectivity index (χ3n) is 3.27. The van der Waals surface area contributed by atoms with Crippen molar-refractivity contribution in [2.24, 2.45) is 0 Å². The van der Waals surface area contributed by atoms with Gasteiger partial charge >= 0.3 is 5.97 Å². The van der Waals surface area contributed by atoms with Crippen molar-refractivity contribution in [1.82, 2.24) is 0 Å². The van der Waals surface area contributed by atoms with Gasteiger partial charge in [-0.1, -0.05) is 45.7 Å². The topological polar surface area (TPSA) is 40.5 Å². The van der Waals surface area contributed by atoms with E-state index in [0.717, 1.165) is 15.7 Å². The van der Waals surface area contributed by atoms with Crippen molar-refractivity contribution >= 4 is 39.2 Å². The first-order valence-corrected chi connectivity index (χ1v) is 7.64. The third-order valence-corrected chi connectivity index (χ3v) is 4.03. The molecule has 1 atom stereocenters. The van der Waals surface area contributed by atoms with Gasteiger partial charge in [0.2, 0.25) is 0 Å². The number of carboxylic acid groups (broad SMARTS) is 1. The lowest BCUT2D eigenvalue weighted by Gasteiger charge is -2.30. The number of halogens is 2. The number of carboxylic acids is 1. The molecule has 1 N–H and O–H groups in total. The van der Waals surface area contributed by atoms with Crippen molar-refractivity contribution in [1.29, 1.82) is 0 Å². The monoisotopic (exact) mass is 367 g/mol. The summed E-state index contributed by atoms with van der Waals surface area (Å²) < 4.78 is 0.992. The van der Waals surface area contributed by atoms with E-state index in [1.807, 2.05) is 48.2 Å². The van der Waals surface area contributed by atoms with Crippen molar-refractivity contribution in [3.63, 3.8) is 0 Å². The van der Waals surface area contributed by atoms with Crippen LogP contribution < -0.4 is 4.90 Å². The van der Waals surface area contributed by atoms with E-state index < -0.39 is 5.97 Å². The molecule has 0 saturated carbocycles. The van der Waals surface area contributed by atoms with Crippen molar-refractivity contribution in [2.75, 3.05) is 11.4 Å². The van der Waals surface area contributed by atoms with Gasteiger partial charge in [0, 0.05) is 15.2 Å². The number of carbonyl (C=O) groups is 1. The Bertz CT molecular complexity index is 630. The summed E-state index contributed by atoms with van der Waals surface area (Å²) in [4.78, 5) is 13.0. The highest BCUT2D eigenvalue weighted by atomic mass is 79.9. The Balaban J connectivity index is 2.35. The van der Waals surface area contributed by atoms with Gasteiger partial charge < -0.3 is 10.0 Å². The second-order valence-corrected chi connectivity index (χ2v) is 6.08. The van der Waals surface area contributed by atoms with E-state index in [1.54, 1.807) is 12.1 Å². The molecular formula is C16H15BrClNO2. The SMILES string of the molecule is CC(c1ccc(Br)cc1)N(CC(=O)O)c1cccc(Cl)c1. The summed E-state index contributed by atoms with van der Waals surface area (Å²) in [5.74, 6) is -0.876. The molecule has 0 aromatic heterocycles. The number of aliphatic carboxylic acids is 1. The largest absolute Gasteiger partial charge is 0.480 e. The minimum atomic E-state index is -0.876. The Kier molecular flexibility index (Phi) is 5.26. The first-order valence-electron chi connectivity index (χ1n) is 6.47. The normalized spacial score (nSPS) is 12.0. The van der Waals surface area contributed by atoms with Gasteiger partial charge in [0.1, 0.15) is 6.54 Å². The Labute approximate surface area is 137 Å². The van der Waals surface area contributed by atoms with Crippen LogP contribution in [0, 0.1) is 0 Å². The molecule has 110 valence electrons. The van der Waals surface area contributed by atoms with Crippen LogP contribution in [0.25, 0.3) is 0 Å². The van der Waals surface area contributed by atoms with Gasteiger partial charge in [-0.3, -0.25) is 4.79 Å². The number of rotatable bonds is 5. The Morgan fingerprint density at radius 3 is 2.52 bits per heavy atom. The lowest BCUT2D eigenvalue weighted by molar-refractivity contribution is -0.135. The number of nitrogens with zero attached hydrogens (tertiary/aromatic N) is 1. The summed E-state index contributed by atoms with van der Waals surface area (Å²) in [5.41, 5.74) is 1.83. The van der Waals surface area contributed by atoms with Gasteiger partial charge in [0.05, 0.1) is 6.04 Å². The predicted molar refractivity (Wildman–Crippen MR) is 89.0 cm³/mol. The molecule has 0 bridgehead atoms. The smallest absolute Gasteiger partial charge is 0.323 e. The van der Waals surface area contributed by atoms with Crippen LogP contribution in [-0.4, -0.2) is 17.6 Å². The van der Waals surface area contributed by atoms with Crippen LogP contribution in [-0.2, 0) is 4.79 Å². The van der Waals surface area contributed by atoms with Crippen LogP contribution in [0.1, 0.15) is 18.5 Å². The van der Waals surface area contributed by atoms with E-state index in [2.05, 4.69) is 15.9 Å². The molecule has 2 rings (SSSR count). The molecule has 1 unspecified atom stereocenters. The number of benzene rings is 2. The van der Waals surface area contributed by atoms with Gasteiger partial charge in [-0.15, -0.1) is 0 Å². The molecule has 21 heavy (non-hydrogen) atoms. The standard InChI is InChI=1S/C16H15BrClNO2/c1-11(12-5-7-13(17)8-6-12)19(10-16(20)21)15-4-2-3-14(18)9-15/h2-9,11H,10H2,1H3,(H,20,21). The van der Waals surface area contributed by atoms with E-state index in [4.69, 9.17) is 11.6 Å². The van der Waals surface area contributed by atoms with Gasteiger partial charge in [-0.05, 0) is 42.8 Å². The Morgan fingerprint density at radius 2 is 1.95 bits per heavy atom. The van der Waals surface area contributed by atoms with E-state index in [9.17, 15) is 9.90 Å². The predicted octanol–water partition coefficient (Wildman–Crippen LogP) is 4.75. The molecule has 0 aliphatic rings. The summed E-state index contributed by atoms with van der Waals surface area (Å²) >= 11 is 9.42. The fraction of sp³-hybridized carbons (Fsp3) is 0.188. The fourth-order valence-corrected chi connectivity index (χ4v) is 2.62. The first kappa shape index (κ1) is 15.9. The third kappa shape index (κ3) is 4.22. The molecular weight excluding hydrogens is 354 g/mol. The van der Waals surface area contributed by atoms with E-state index in [1.165, 1.54) is 0 Å². The van der Waals surface area contributed by atoms with Crippen LogP contribution in [0.2, 0.25) is 5.02 Å². The van der Waals surface area contributed by atoms with Gasteiger partial charge in [0.15, 0.2) is 0 Å². The molecule has 0 heterocycles. The maximum atomic E-state index is 11.2. The van der Waals surface area contributed by atoms with E-state index in [0.29, 0.717) is 5.02 Å². The van der Waals surface area contributed by atoms with Gasteiger partial charge in [0.25, 0.3) is 0 Å². The van der Waals surface area contributed by atoms with Crippen LogP contribution in [0.15, 0.2) is 53.0 Å². The number of anilines is 1. The zero-order valence-electron chi connectivity index (χ0n) is 11.5. The van der Waals surface area contributed by atoms with Crippen molar-refractivity contribution in [3.05, 3.63) is 63.6 Å². The highest BCUT2D eigenvalue weighted by Gasteiger charge is 2.19. The molecule has 2 aromatic rings. The number of hydrogen-bond donors (Lipinski definition) is 1. The number of hydrogen-bond acceptors (Lipinski definition) is 2. The van der Waals surface area contributed by atoms with Crippen LogP contribution in [0.4, 0.5) is 5.69 Å².